The van der Waals surface area contributed by atoms with Gasteiger partial charge in [-0.2, -0.15) is 0 Å². The summed E-state index contributed by atoms with van der Waals surface area (Å²) >= 11 is 3.79. The number of pyridine rings is 1. The molecule has 174 valence electrons. The summed E-state index contributed by atoms with van der Waals surface area (Å²) in [7, 11) is 0. The van der Waals surface area contributed by atoms with Crippen LogP contribution in [0.5, 0.6) is 0 Å². The number of benzene rings is 4. The summed E-state index contributed by atoms with van der Waals surface area (Å²) in [5.74, 6) is 0.946. The SMILES string of the molecule is c1ccc(-c2cc(-c3ccccc3)nc(-n3c4ccccc4c4sc5sc6ccccc6c5c43)c2)cc1. The van der Waals surface area contributed by atoms with E-state index in [2.05, 4.69) is 126 Å². The van der Waals surface area contributed by atoms with Crippen LogP contribution in [0.4, 0.5) is 0 Å². The quantitative estimate of drug-likeness (QED) is 0.232. The molecule has 0 aliphatic rings. The van der Waals surface area contributed by atoms with Crippen LogP contribution in [-0.4, -0.2) is 9.55 Å². The lowest BCUT2D eigenvalue weighted by Gasteiger charge is -2.13. The number of thiophene rings is 2. The van der Waals surface area contributed by atoms with Crippen LogP contribution in [0, 0.1) is 0 Å². The molecule has 8 rings (SSSR count). The fraction of sp³-hybridized carbons (Fsp3) is 0. The van der Waals surface area contributed by atoms with Gasteiger partial charge in [0.15, 0.2) is 0 Å². The minimum atomic E-state index is 0.946. The Kier molecular flexibility index (Phi) is 4.59. The summed E-state index contributed by atoms with van der Waals surface area (Å²) in [5, 5.41) is 3.94. The molecule has 0 atom stereocenters. The first kappa shape index (κ1) is 20.9. The Morgan fingerprint density at radius 2 is 1.24 bits per heavy atom. The second-order valence-electron chi connectivity index (χ2n) is 9.22. The third kappa shape index (κ3) is 3.20. The van der Waals surface area contributed by atoms with Crippen molar-refractivity contribution in [2.45, 2.75) is 0 Å². The fourth-order valence-corrected chi connectivity index (χ4v) is 8.06. The van der Waals surface area contributed by atoms with Gasteiger partial charge in [-0.05, 0) is 35.4 Å². The van der Waals surface area contributed by atoms with E-state index in [1.807, 2.05) is 22.7 Å². The van der Waals surface area contributed by atoms with Gasteiger partial charge < -0.3 is 0 Å². The number of hydrogen-bond acceptors (Lipinski definition) is 3. The Morgan fingerprint density at radius 3 is 2.05 bits per heavy atom. The average molecular weight is 509 g/mol. The van der Waals surface area contributed by atoms with Crippen LogP contribution in [0.3, 0.4) is 0 Å². The van der Waals surface area contributed by atoms with Crippen molar-refractivity contribution in [2.75, 3.05) is 0 Å². The van der Waals surface area contributed by atoms with Crippen molar-refractivity contribution in [3.8, 4) is 28.2 Å². The zero-order valence-electron chi connectivity index (χ0n) is 19.8. The fourth-order valence-electron chi connectivity index (χ4n) is 5.37. The predicted octanol–water partition coefficient (Wildman–Crippen LogP) is 9.94. The zero-order valence-corrected chi connectivity index (χ0v) is 21.4. The van der Waals surface area contributed by atoms with Crippen molar-refractivity contribution in [3.05, 3.63) is 121 Å². The Morgan fingerprint density at radius 1 is 0.568 bits per heavy atom. The summed E-state index contributed by atoms with van der Waals surface area (Å²) in [5.41, 5.74) is 6.90. The molecule has 0 aliphatic heterocycles. The van der Waals surface area contributed by atoms with Gasteiger partial charge in [0.2, 0.25) is 0 Å². The highest BCUT2D eigenvalue weighted by molar-refractivity contribution is 7.45. The molecule has 0 radical (unpaired) electrons. The largest absolute Gasteiger partial charge is 0.292 e. The van der Waals surface area contributed by atoms with Crippen LogP contribution in [0.25, 0.3) is 68.8 Å². The van der Waals surface area contributed by atoms with Crippen LogP contribution in [0.15, 0.2) is 121 Å². The van der Waals surface area contributed by atoms with Crippen LogP contribution >= 0.6 is 22.7 Å². The molecule has 37 heavy (non-hydrogen) atoms. The highest BCUT2D eigenvalue weighted by Gasteiger charge is 2.22. The molecule has 0 saturated heterocycles. The summed E-state index contributed by atoms with van der Waals surface area (Å²) in [6, 6.07) is 43.0. The molecular formula is C33H20N2S2. The second-order valence-corrected chi connectivity index (χ2v) is 11.6. The highest BCUT2D eigenvalue weighted by Crippen LogP contribution is 2.48. The average Bonchev–Trinajstić information content (AvgIpc) is 3.60. The van der Waals surface area contributed by atoms with E-state index in [1.54, 1.807) is 0 Å². The first-order chi connectivity index (χ1) is 18.3. The van der Waals surface area contributed by atoms with Gasteiger partial charge in [-0.15, -0.1) is 22.7 Å². The van der Waals surface area contributed by atoms with E-state index in [0.717, 1.165) is 22.6 Å². The second kappa shape index (κ2) is 8.13. The Labute approximate surface area is 221 Å². The van der Waals surface area contributed by atoms with Crippen LogP contribution in [0.1, 0.15) is 0 Å². The maximum Gasteiger partial charge on any atom is 0.138 e. The Bertz CT molecular complexity index is 2020. The monoisotopic (exact) mass is 508 g/mol. The van der Waals surface area contributed by atoms with Gasteiger partial charge in [-0.25, -0.2) is 4.98 Å². The van der Waals surface area contributed by atoms with E-state index in [-0.39, 0.29) is 0 Å². The maximum absolute atomic E-state index is 5.29. The van der Waals surface area contributed by atoms with Gasteiger partial charge in [0.25, 0.3) is 0 Å². The number of rotatable bonds is 3. The normalized spacial score (nSPS) is 11.8. The first-order valence-electron chi connectivity index (χ1n) is 12.3. The van der Waals surface area contributed by atoms with E-state index in [0.29, 0.717) is 0 Å². The van der Waals surface area contributed by atoms with Crippen molar-refractivity contribution < 1.29 is 0 Å². The highest BCUT2D eigenvalue weighted by atomic mass is 32.2. The van der Waals surface area contributed by atoms with Gasteiger partial charge >= 0.3 is 0 Å². The minimum Gasteiger partial charge on any atom is -0.292 e. The van der Waals surface area contributed by atoms with E-state index in [9.17, 15) is 0 Å². The van der Waals surface area contributed by atoms with Crippen molar-refractivity contribution in [2.24, 2.45) is 0 Å². The number of nitrogens with zero attached hydrogens (tertiary/aromatic N) is 2. The smallest absolute Gasteiger partial charge is 0.138 e. The number of para-hydroxylation sites is 1. The lowest BCUT2D eigenvalue weighted by Crippen LogP contribution is -2.00. The molecule has 0 bridgehead atoms. The van der Waals surface area contributed by atoms with Crippen molar-refractivity contribution in [1.29, 1.82) is 0 Å². The summed E-state index contributed by atoms with van der Waals surface area (Å²) < 4.78 is 6.42. The number of fused-ring (bicyclic) bond motifs is 7. The van der Waals surface area contributed by atoms with Gasteiger partial charge in [0, 0.05) is 26.4 Å². The number of hydrogen-bond donors (Lipinski definition) is 0. The third-order valence-corrected chi connectivity index (χ3v) is 9.51. The summed E-state index contributed by atoms with van der Waals surface area (Å²) in [4.78, 5) is 5.29. The molecule has 0 aliphatic carbocycles. The molecule has 4 heteroatoms. The van der Waals surface area contributed by atoms with E-state index in [1.165, 1.54) is 46.2 Å². The van der Waals surface area contributed by atoms with E-state index in [4.69, 9.17) is 4.98 Å². The van der Waals surface area contributed by atoms with Gasteiger partial charge in [0.05, 0.1) is 25.4 Å². The zero-order chi connectivity index (χ0) is 24.3. The number of aromatic nitrogens is 2. The lowest BCUT2D eigenvalue weighted by atomic mass is 10.0. The Hall–Kier alpha value is -4.25. The van der Waals surface area contributed by atoms with Crippen LogP contribution in [0.2, 0.25) is 0 Å². The van der Waals surface area contributed by atoms with Crippen molar-refractivity contribution in [1.82, 2.24) is 9.55 Å². The molecule has 0 spiro atoms. The van der Waals surface area contributed by atoms with E-state index < -0.39 is 0 Å². The van der Waals surface area contributed by atoms with Crippen molar-refractivity contribution in [3.63, 3.8) is 0 Å². The molecule has 0 N–H and O–H groups in total. The first-order valence-corrected chi connectivity index (χ1v) is 13.9. The molecule has 0 amide bonds. The lowest BCUT2D eigenvalue weighted by molar-refractivity contribution is 1.09. The standard InChI is InChI=1S/C33H20N2S2/c1-3-11-21(12-4-1)23-19-26(22-13-5-2-6-14-22)34-29(20-23)35-27-17-9-7-15-24(27)32-31(35)30-25-16-8-10-18-28(25)36-33(30)37-32/h1-20H. The van der Waals surface area contributed by atoms with Gasteiger partial charge in [0.1, 0.15) is 5.82 Å². The molecule has 4 aromatic heterocycles. The van der Waals surface area contributed by atoms with Crippen LogP contribution < -0.4 is 0 Å². The molecule has 4 heterocycles. The molecule has 0 unspecified atom stereocenters. The molecule has 8 aromatic rings. The maximum atomic E-state index is 5.29. The predicted molar refractivity (Wildman–Crippen MR) is 160 cm³/mol. The topological polar surface area (TPSA) is 17.8 Å². The molecular weight excluding hydrogens is 489 g/mol. The van der Waals surface area contributed by atoms with Crippen molar-refractivity contribution >= 4 is 63.3 Å². The van der Waals surface area contributed by atoms with E-state index >= 15 is 0 Å². The molecule has 0 fully saturated rings. The molecule has 2 nitrogen and oxygen atoms in total. The minimum absolute atomic E-state index is 0.946. The van der Waals surface area contributed by atoms with Gasteiger partial charge in [-0.3, -0.25) is 4.57 Å². The molecule has 0 saturated carbocycles. The summed E-state index contributed by atoms with van der Waals surface area (Å²) in [6.45, 7) is 0. The Balaban J connectivity index is 1.52. The molecule has 4 aromatic carbocycles. The summed E-state index contributed by atoms with van der Waals surface area (Å²) in [6.07, 6.45) is 0. The van der Waals surface area contributed by atoms with Gasteiger partial charge in [-0.1, -0.05) is 97.1 Å². The van der Waals surface area contributed by atoms with Crippen LogP contribution in [-0.2, 0) is 0 Å². The third-order valence-electron chi connectivity index (χ3n) is 7.04.